The molecule has 1 aliphatic rings. The van der Waals surface area contributed by atoms with Crippen molar-refractivity contribution in [3.05, 3.63) is 72.2 Å². The van der Waals surface area contributed by atoms with Crippen LogP contribution in [0, 0.1) is 0 Å². The van der Waals surface area contributed by atoms with Crippen LogP contribution >= 0.6 is 0 Å². The molecule has 27 heavy (non-hydrogen) atoms. The van der Waals surface area contributed by atoms with Crippen LogP contribution in [0.15, 0.2) is 65.9 Å². The summed E-state index contributed by atoms with van der Waals surface area (Å²) < 4.78 is 2.00. The second-order valence-electron chi connectivity index (χ2n) is 7.08. The second kappa shape index (κ2) is 8.22. The molecule has 0 radical (unpaired) electrons. The zero-order chi connectivity index (χ0) is 18.5. The van der Waals surface area contributed by atoms with Gasteiger partial charge in [0, 0.05) is 38.1 Å². The van der Waals surface area contributed by atoms with Gasteiger partial charge in [-0.15, -0.1) is 0 Å². The minimum atomic E-state index is 0.391. The first-order valence-corrected chi connectivity index (χ1v) is 9.51. The number of rotatable bonds is 5. The lowest BCUT2D eigenvalue weighted by Gasteiger charge is -2.32. The van der Waals surface area contributed by atoms with Crippen LogP contribution in [0.5, 0.6) is 0 Å². The van der Waals surface area contributed by atoms with Crippen LogP contribution < -0.4 is 11.1 Å². The maximum atomic E-state index is 6.10. The van der Waals surface area contributed by atoms with Gasteiger partial charge in [-0.25, -0.2) is 9.98 Å². The monoisotopic (exact) mass is 362 g/mol. The van der Waals surface area contributed by atoms with E-state index in [4.69, 9.17) is 5.73 Å². The highest BCUT2D eigenvalue weighted by Crippen LogP contribution is 2.14. The molecule has 1 saturated heterocycles. The van der Waals surface area contributed by atoms with E-state index in [1.807, 2.05) is 35.0 Å². The molecule has 2 aromatic heterocycles. The van der Waals surface area contributed by atoms with Gasteiger partial charge in [-0.3, -0.25) is 4.90 Å². The summed E-state index contributed by atoms with van der Waals surface area (Å²) in [6, 6.07) is 17.0. The summed E-state index contributed by atoms with van der Waals surface area (Å²) >= 11 is 0. The fourth-order valence-corrected chi connectivity index (χ4v) is 3.56. The molecule has 6 heteroatoms. The van der Waals surface area contributed by atoms with E-state index in [0.29, 0.717) is 18.5 Å². The van der Waals surface area contributed by atoms with Crippen LogP contribution in [0.1, 0.15) is 24.1 Å². The molecule has 0 amide bonds. The highest BCUT2D eigenvalue weighted by atomic mass is 15.2. The number of nitrogens with one attached hydrogen (secondary N) is 1. The molecule has 0 unspecified atom stereocenters. The summed E-state index contributed by atoms with van der Waals surface area (Å²) in [6.45, 7) is 3.66. The topological polar surface area (TPSA) is 70.9 Å². The third kappa shape index (κ3) is 4.65. The first-order valence-electron chi connectivity index (χ1n) is 9.51. The number of pyridine rings is 1. The van der Waals surface area contributed by atoms with Gasteiger partial charge < -0.3 is 15.5 Å². The molecule has 1 aliphatic heterocycles. The third-order valence-corrected chi connectivity index (χ3v) is 5.01. The van der Waals surface area contributed by atoms with Gasteiger partial charge in [0.25, 0.3) is 0 Å². The van der Waals surface area contributed by atoms with Gasteiger partial charge in [-0.1, -0.05) is 36.4 Å². The predicted octanol–water partition coefficient (Wildman–Crippen LogP) is 2.40. The van der Waals surface area contributed by atoms with E-state index in [9.17, 15) is 0 Å². The molecule has 3 heterocycles. The molecule has 6 nitrogen and oxygen atoms in total. The average molecular weight is 362 g/mol. The zero-order valence-corrected chi connectivity index (χ0v) is 15.5. The van der Waals surface area contributed by atoms with Crippen molar-refractivity contribution in [3.8, 4) is 0 Å². The average Bonchev–Trinajstić information content (AvgIpc) is 3.12. The van der Waals surface area contributed by atoms with Crippen molar-refractivity contribution in [1.29, 1.82) is 0 Å². The number of nitrogens with zero attached hydrogens (tertiary/aromatic N) is 4. The predicted molar refractivity (Wildman–Crippen MR) is 108 cm³/mol. The SMILES string of the molecule is NC(=NCc1cn2ccccc2n1)NC1CCN(Cc2ccccc2)CC1. The maximum Gasteiger partial charge on any atom is 0.189 e. The standard InChI is InChI=1S/C21H26N6/c22-21(23-14-19-16-27-11-5-4-8-20(27)24-19)25-18-9-12-26(13-10-18)15-17-6-2-1-3-7-17/h1-8,11,16,18H,9-10,12-15H2,(H3,22,23,25). The Kier molecular flexibility index (Phi) is 5.34. The van der Waals surface area contributed by atoms with Gasteiger partial charge in [0.05, 0.1) is 12.2 Å². The number of benzene rings is 1. The van der Waals surface area contributed by atoms with E-state index < -0.39 is 0 Å². The van der Waals surface area contributed by atoms with Crippen molar-refractivity contribution in [2.45, 2.75) is 32.0 Å². The Bertz CT molecular complexity index is 860. The normalized spacial score (nSPS) is 16.7. The smallest absolute Gasteiger partial charge is 0.189 e. The zero-order valence-electron chi connectivity index (χ0n) is 15.5. The first-order chi connectivity index (χ1) is 13.3. The van der Waals surface area contributed by atoms with Gasteiger partial charge in [0.2, 0.25) is 0 Å². The van der Waals surface area contributed by atoms with Crippen LogP contribution in [0.4, 0.5) is 0 Å². The van der Waals surface area contributed by atoms with E-state index in [1.54, 1.807) is 0 Å². The number of nitrogens with two attached hydrogens (primary N) is 1. The number of hydrogen-bond donors (Lipinski definition) is 2. The number of imidazole rings is 1. The van der Waals surface area contributed by atoms with Gasteiger partial charge >= 0.3 is 0 Å². The van der Waals surface area contributed by atoms with Gasteiger partial charge in [-0.05, 0) is 30.5 Å². The van der Waals surface area contributed by atoms with E-state index in [1.165, 1.54) is 5.56 Å². The van der Waals surface area contributed by atoms with Crippen LogP contribution in [0.3, 0.4) is 0 Å². The van der Waals surface area contributed by atoms with Crippen molar-refractivity contribution >= 4 is 11.6 Å². The van der Waals surface area contributed by atoms with Gasteiger partial charge in [-0.2, -0.15) is 0 Å². The van der Waals surface area contributed by atoms with E-state index in [-0.39, 0.29) is 0 Å². The Labute approximate surface area is 159 Å². The summed E-state index contributed by atoms with van der Waals surface area (Å²) in [5, 5.41) is 3.37. The lowest BCUT2D eigenvalue weighted by atomic mass is 10.0. The molecule has 0 bridgehead atoms. The van der Waals surface area contributed by atoms with Gasteiger partial charge in [0.15, 0.2) is 5.96 Å². The Balaban J connectivity index is 1.25. The van der Waals surface area contributed by atoms with Crippen LogP contribution in [0.25, 0.3) is 5.65 Å². The molecular weight excluding hydrogens is 336 g/mol. The van der Waals surface area contributed by atoms with E-state index in [2.05, 4.69) is 50.5 Å². The number of aliphatic imine (C=N–C) groups is 1. The summed E-state index contributed by atoms with van der Waals surface area (Å²) in [6.07, 6.45) is 6.14. The molecule has 140 valence electrons. The number of hydrogen-bond acceptors (Lipinski definition) is 3. The number of likely N-dealkylation sites (tertiary alicyclic amines) is 1. The van der Waals surface area contributed by atoms with Crippen LogP contribution in [0.2, 0.25) is 0 Å². The molecule has 4 rings (SSSR count). The Morgan fingerprint density at radius 3 is 2.67 bits per heavy atom. The lowest BCUT2D eigenvalue weighted by Crippen LogP contribution is -2.46. The Morgan fingerprint density at radius 2 is 1.89 bits per heavy atom. The number of aromatic nitrogens is 2. The molecule has 1 fully saturated rings. The molecule has 0 saturated carbocycles. The Hall–Kier alpha value is -2.86. The molecule has 1 aromatic carbocycles. The van der Waals surface area contributed by atoms with Crippen LogP contribution in [-0.4, -0.2) is 39.4 Å². The first kappa shape index (κ1) is 17.5. The van der Waals surface area contributed by atoms with Crippen molar-refractivity contribution in [2.24, 2.45) is 10.7 Å². The minimum Gasteiger partial charge on any atom is -0.370 e. The van der Waals surface area contributed by atoms with E-state index >= 15 is 0 Å². The molecule has 0 spiro atoms. The third-order valence-electron chi connectivity index (χ3n) is 5.01. The second-order valence-corrected chi connectivity index (χ2v) is 7.08. The highest BCUT2D eigenvalue weighted by Gasteiger charge is 2.19. The summed E-state index contributed by atoms with van der Waals surface area (Å²) in [4.78, 5) is 11.5. The van der Waals surface area contributed by atoms with Gasteiger partial charge in [0.1, 0.15) is 5.65 Å². The molecule has 3 aromatic rings. The fourth-order valence-electron chi connectivity index (χ4n) is 3.56. The number of piperidine rings is 1. The summed E-state index contributed by atoms with van der Waals surface area (Å²) in [7, 11) is 0. The minimum absolute atomic E-state index is 0.391. The van der Waals surface area contributed by atoms with E-state index in [0.717, 1.165) is 43.8 Å². The summed E-state index contributed by atoms with van der Waals surface area (Å²) in [5.74, 6) is 0.508. The lowest BCUT2D eigenvalue weighted by molar-refractivity contribution is 0.199. The van der Waals surface area contributed by atoms with Crippen molar-refractivity contribution in [3.63, 3.8) is 0 Å². The highest BCUT2D eigenvalue weighted by molar-refractivity contribution is 5.78. The largest absolute Gasteiger partial charge is 0.370 e. The number of guanidine groups is 1. The van der Waals surface area contributed by atoms with Crippen molar-refractivity contribution in [1.82, 2.24) is 19.6 Å². The van der Waals surface area contributed by atoms with Crippen molar-refractivity contribution < 1.29 is 0 Å². The molecular formula is C21H26N6. The van der Waals surface area contributed by atoms with Crippen LogP contribution in [-0.2, 0) is 13.1 Å². The van der Waals surface area contributed by atoms with Crippen molar-refractivity contribution in [2.75, 3.05) is 13.1 Å². The fraction of sp³-hybridized carbons (Fsp3) is 0.333. The molecule has 0 atom stereocenters. The summed E-state index contributed by atoms with van der Waals surface area (Å²) in [5.41, 5.74) is 9.32. The Morgan fingerprint density at radius 1 is 1.11 bits per heavy atom. The number of fused-ring (bicyclic) bond motifs is 1. The molecule has 0 aliphatic carbocycles. The quantitative estimate of drug-likeness (QED) is 0.540. The maximum absolute atomic E-state index is 6.10. The molecule has 3 N–H and O–H groups in total.